The first-order valence-electron chi connectivity index (χ1n) is 12.9. The first-order chi connectivity index (χ1) is 16.3. The minimum absolute atomic E-state index is 0.134. The van der Waals surface area contributed by atoms with Crippen LogP contribution in [0.25, 0.3) is 0 Å². The molecule has 3 aliphatic rings. The van der Waals surface area contributed by atoms with Crippen LogP contribution in [0.4, 0.5) is 0 Å². The van der Waals surface area contributed by atoms with E-state index in [-0.39, 0.29) is 36.0 Å². The van der Waals surface area contributed by atoms with Crippen molar-refractivity contribution in [3.8, 4) is 0 Å². The van der Waals surface area contributed by atoms with Crippen LogP contribution in [-0.2, 0) is 16.0 Å². The Balaban J connectivity index is 1.79. The van der Waals surface area contributed by atoms with Gasteiger partial charge in [0.05, 0.1) is 12.2 Å². The Bertz CT molecular complexity index is 941. The zero-order chi connectivity index (χ0) is 24.5. The average molecular weight is 466 g/mol. The van der Waals surface area contributed by atoms with Gasteiger partial charge in [-0.05, 0) is 48.7 Å². The lowest BCUT2D eigenvalue weighted by atomic mass is 9.51. The summed E-state index contributed by atoms with van der Waals surface area (Å²) in [7, 11) is 0. The molecule has 1 saturated carbocycles. The smallest absolute Gasteiger partial charge is 0.235 e. The Morgan fingerprint density at radius 2 is 1.82 bits per heavy atom. The second kappa shape index (κ2) is 10.2. The number of amides is 1. The fraction of sp³-hybridized carbons (Fsp3) is 0.586. The molecule has 2 fully saturated rings. The van der Waals surface area contributed by atoms with Crippen molar-refractivity contribution in [1.29, 1.82) is 0 Å². The molecule has 0 aromatic heterocycles. The molecule has 2 unspecified atom stereocenters. The summed E-state index contributed by atoms with van der Waals surface area (Å²) in [4.78, 5) is 27.9. The first kappa shape index (κ1) is 24.9. The summed E-state index contributed by atoms with van der Waals surface area (Å²) in [6, 6.07) is 9.77. The van der Waals surface area contributed by atoms with Gasteiger partial charge in [-0.25, -0.2) is 0 Å². The van der Waals surface area contributed by atoms with Gasteiger partial charge in [0.2, 0.25) is 5.91 Å². The van der Waals surface area contributed by atoms with E-state index in [1.807, 2.05) is 49.4 Å². The van der Waals surface area contributed by atoms with Crippen LogP contribution >= 0.6 is 0 Å². The van der Waals surface area contributed by atoms with Crippen molar-refractivity contribution in [2.75, 3.05) is 0 Å². The second-order valence-electron chi connectivity index (χ2n) is 10.8. The third kappa shape index (κ3) is 4.40. The van der Waals surface area contributed by atoms with Gasteiger partial charge in [-0.15, -0.1) is 0 Å². The Morgan fingerprint density at radius 3 is 2.56 bits per heavy atom. The zero-order valence-electron chi connectivity index (χ0n) is 20.5. The number of nitrogens with one attached hydrogen (secondary N) is 1. The van der Waals surface area contributed by atoms with Gasteiger partial charge < -0.3 is 15.5 Å². The first-order valence-corrected chi connectivity index (χ1v) is 12.9. The fourth-order valence-electron chi connectivity index (χ4n) is 6.67. The predicted molar refractivity (Wildman–Crippen MR) is 133 cm³/mol. The van der Waals surface area contributed by atoms with E-state index in [9.17, 15) is 19.8 Å². The number of carbonyl (C=O) groups is 2. The van der Waals surface area contributed by atoms with E-state index in [4.69, 9.17) is 0 Å². The molecular weight excluding hydrogens is 426 g/mol. The summed E-state index contributed by atoms with van der Waals surface area (Å²) in [5.74, 6) is -1.18. The largest absolute Gasteiger partial charge is 0.393 e. The summed E-state index contributed by atoms with van der Waals surface area (Å²) < 4.78 is 0. The number of aliphatic hydroxyl groups is 2. The number of benzene rings is 1. The van der Waals surface area contributed by atoms with E-state index in [1.165, 1.54) is 0 Å². The molecule has 1 spiro atoms. The predicted octanol–water partition coefficient (Wildman–Crippen LogP) is 3.99. The third-order valence-corrected chi connectivity index (χ3v) is 8.60. The number of allylic oxidation sites excluding steroid dienone is 1. The maximum Gasteiger partial charge on any atom is 0.235 e. The highest BCUT2D eigenvalue weighted by molar-refractivity contribution is 6.09. The van der Waals surface area contributed by atoms with Crippen molar-refractivity contribution < 1.29 is 19.8 Å². The van der Waals surface area contributed by atoms with Crippen molar-refractivity contribution in [1.82, 2.24) is 5.32 Å². The van der Waals surface area contributed by atoms with Crippen molar-refractivity contribution in [2.24, 2.45) is 29.1 Å². The number of hydrogen-bond donors (Lipinski definition) is 3. The number of carbonyl (C=O) groups excluding carboxylic acids is 2. The lowest BCUT2D eigenvalue weighted by Gasteiger charge is -2.49. The lowest BCUT2D eigenvalue weighted by Crippen LogP contribution is -2.58. The molecule has 1 saturated heterocycles. The molecule has 1 aromatic carbocycles. The van der Waals surface area contributed by atoms with Gasteiger partial charge in [0.1, 0.15) is 11.2 Å². The number of hydrogen-bond acceptors (Lipinski definition) is 4. The van der Waals surface area contributed by atoms with Crippen LogP contribution in [0, 0.1) is 29.1 Å². The summed E-state index contributed by atoms with van der Waals surface area (Å²) in [6.45, 7) is 8.38. The SMILES string of the molecule is C=C1[C@@H](O)C2/C=C/C[C@H](C)CCC[C@@H](O)CCC(=O)C23C(=O)N[C@@H](Cc2ccccc2)[C@@H]3[C@@H]1C. The molecule has 1 heterocycles. The molecule has 1 amide bonds. The molecule has 34 heavy (non-hydrogen) atoms. The molecule has 0 radical (unpaired) electrons. The molecule has 0 bridgehead atoms. The maximum absolute atomic E-state index is 14.0. The summed E-state index contributed by atoms with van der Waals surface area (Å²) in [5.41, 5.74) is 0.435. The number of Topliss-reactive ketones (excluding diaryl/α,β-unsaturated/α-hetero) is 1. The molecular formula is C29H39NO4. The van der Waals surface area contributed by atoms with Crippen molar-refractivity contribution in [2.45, 2.75) is 77.0 Å². The normalized spacial score (nSPS) is 40.2. The Hall–Kier alpha value is -2.24. The van der Waals surface area contributed by atoms with Crippen LogP contribution in [0.3, 0.4) is 0 Å². The molecule has 3 N–H and O–H groups in total. The van der Waals surface area contributed by atoms with Crippen molar-refractivity contribution in [3.63, 3.8) is 0 Å². The van der Waals surface area contributed by atoms with Crippen LogP contribution in [0.5, 0.6) is 0 Å². The molecule has 5 nitrogen and oxygen atoms in total. The van der Waals surface area contributed by atoms with Gasteiger partial charge in [-0.1, -0.05) is 75.8 Å². The van der Waals surface area contributed by atoms with Crippen LogP contribution in [0.1, 0.15) is 57.9 Å². The fourth-order valence-corrected chi connectivity index (χ4v) is 6.67. The van der Waals surface area contributed by atoms with Crippen LogP contribution in [0.15, 0.2) is 54.6 Å². The van der Waals surface area contributed by atoms with E-state index in [0.29, 0.717) is 30.8 Å². The highest BCUT2D eigenvalue weighted by atomic mass is 16.3. The Morgan fingerprint density at radius 1 is 1.09 bits per heavy atom. The molecule has 5 heteroatoms. The van der Waals surface area contributed by atoms with Crippen molar-refractivity contribution >= 4 is 11.7 Å². The minimum Gasteiger partial charge on any atom is -0.393 e. The number of rotatable bonds is 2. The second-order valence-corrected chi connectivity index (χ2v) is 10.8. The Kier molecular flexibility index (Phi) is 7.44. The van der Waals surface area contributed by atoms with Crippen LogP contribution in [0.2, 0.25) is 0 Å². The lowest BCUT2D eigenvalue weighted by molar-refractivity contribution is -0.152. The molecule has 4 rings (SSSR count). The van der Waals surface area contributed by atoms with Crippen LogP contribution < -0.4 is 5.32 Å². The van der Waals surface area contributed by atoms with E-state index in [0.717, 1.165) is 24.8 Å². The third-order valence-electron chi connectivity index (χ3n) is 8.60. The van der Waals surface area contributed by atoms with Crippen LogP contribution in [-0.4, -0.2) is 40.2 Å². The van der Waals surface area contributed by atoms with Gasteiger partial charge in [0.15, 0.2) is 0 Å². The molecule has 8 atom stereocenters. The summed E-state index contributed by atoms with van der Waals surface area (Å²) >= 11 is 0. The Labute approximate surface area is 203 Å². The topological polar surface area (TPSA) is 86.6 Å². The summed E-state index contributed by atoms with van der Waals surface area (Å²) in [6.07, 6.45) is 6.94. The van der Waals surface area contributed by atoms with Gasteiger partial charge >= 0.3 is 0 Å². The van der Waals surface area contributed by atoms with Gasteiger partial charge in [0, 0.05) is 24.3 Å². The van der Waals surface area contributed by atoms with E-state index in [1.54, 1.807) is 0 Å². The van der Waals surface area contributed by atoms with E-state index >= 15 is 0 Å². The quantitative estimate of drug-likeness (QED) is 0.455. The van der Waals surface area contributed by atoms with E-state index < -0.39 is 23.5 Å². The monoisotopic (exact) mass is 465 g/mol. The standard InChI is InChI=1S/C29H39NO4/c1-18-9-7-13-22(31)15-16-25(32)29-23(14-8-10-18)27(33)20(3)19(2)26(29)24(30-28(29)34)17-21-11-5-4-6-12-21/h4-6,8,11-12,14,18-19,22-24,26-27,31,33H,3,7,9-10,13,15-17H2,1-2H3,(H,30,34)/b14-8+/t18-,19-,22-,23?,24+,26+,27-,29?/m1/s1. The van der Waals surface area contributed by atoms with Crippen molar-refractivity contribution in [3.05, 3.63) is 60.2 Å². The molecule has 1 aromatic rings. The number of aliphatic hydroxyl groups excluding tert-OH is 2. The van der Waals surface area contributed by atoms with E-state index in [2.05, 4.69) is 18.8 Å². The van der Waals surface area contributed by atoms with Gasteiger partial charge in [0.25, 0.3) is 0 Å². The molecule has 1 aliphatic heterocycles. The number of ketones is 1. The molecule has 2 aliphatic carbocycles. The summed E-state index contributed by atoms with van der Waals surface area (Å²) in [5, 5.41) is 25.0. The average Bonchev–Trinajstić information content (AvgIpc) is 3.11. The van der Waals surface area contributed by atoms with Gasteiger partial charge in [-0.2, -0.15) is 0 Å². The highest BCUT2D eigenvalue weighted by Gasteiger charge is 2.68. The maximum atomic E-state index is 14.0. The molecule has 184 valence electrons. The minimum atomic E-state index is -1.35. The van der Waals surface area contributed by atoms with Gasteiger partial charge in [-0.3, -0.25) is 9.59 Å². The zero-order valence-corrected chi connectivity index (χ0v) is 20.5. The highest BCUT2D eigenvalue weighted by Crippen LogP contribution is 2.56.